The van der Waals surface area contributed by atoms with Crippen LogP contribution in [0.2, 0.25) is 0 Å². The molecule has 1 aliphatic rings. The zero-order valence-corrected chi connectivity index (χ0v) is 8.73. The minimum absolute atomic E-state index is 0.134. The summed E-state index contributed by atoms with van der Waals surface area (Å²) in [5, 5.41) is 7.03. The van der Waals surface area contributed by atoms with E-state index in [1.807, 2.05) is 0 Å². The minimum atomic E-state index is 0.134. The van der Waals surface area contributed by atoms with Crippen LogP contribution in [0.15, 0.2) is 4.52 Å². The summed E-state index contributed by atoms with van der Waals surface area (Å²) < 4.78 is 15.5. The number of nitrogens with zero attached hydrogens (tertiary/aromatic N) is 2. The third-order valence-corrected chi connectivity index (χ3v) is 2.19. The van der Waals surface area contributed by atoms with Crippen molar-refractivity contribution in [2.75, 3.05) is 26.8 Å². The van der Waals surface area contributed by atoms with Crippen LogP contribution in [0.4, 0.5) is 0 Å². The Hall–Kier alpha value is -0.980. The monoisotopic (exact) mass is 213 g/mol. The molecule has 0 amide bonds. The van der Waals surface area contributed by atoms with E-state index in [1.54, 1.807) is 7.11 Å². The Bertz CT molecular complexity index is 297. The highest BCUT2D eigenvalue weighted by Gasteiger charge is 2.17. The number of morpholine rings is 1. The molecule has 2 rings (SSSR count). The molecule has 1 saturated heterocycles. The molecule has 1 unspecified atom stereocenters. The summed E-state index contributed by atoms with van der Waals surface area (Å²) in [6, 6.07) is 0. The molecule has 6 nitrogen and oxygen atoms in total. The van der Waals surface area contributed by atoms with Gasteiger partial charge in [0.1, 0.15) is 6.61 Å². The number of methoxy groups -OCH3 is 1. The van der Waals surface area contributed by atoms with Crippen LogP contribution in [-0.2, 0) is 22.5 Å². The van der Waals surface area contributed by atoms with E-state index in [9.17, 15) is 0 Å². The van der Waals surface area contributed by atoms with E-state index in [4.69, 9.17) is 14.0 Å². The Balaban J connectivity index is 1.86. The first kappa shape index (κ1) is 10.5. The number of hydrogen-bond acceptors (Lipinski definition) is 6. The van der Waals surface area contributed by atoms with Gasteiger partial charge in [0.05, 0.1) is 19.1 Å². The first-order valence-electron chi connectivity index (χ1n) is 5.01. The van der Waals surface area contributed by atoms with Crippen LogP contribution in [0.5, 0.6) is 0 Å². The first-order chi connectivity index (χ1) is 7.38. The van der Waals surface area contributed by atoms with Crippen LogP contribution in [0.3, 0.4) is 0 Å². The van der Waals surface area contributed by atoms with E-state index < -0.39 is 0 Å². The average molecular weight is 213 g/mol. The van der Waals surface area contributed by atoms with Gasteiger partial charge in [-0.1, -0.05) is 5.16 Å². The molecule has 1 aromatic rings. The molecule has 0 radical (unpaired) electrons. The van der Waals surface area contributed by atoms with Crippen molar-refractivity contribution >= 4 is 0 Å². The molecule has 0 aromatic carbocycles. The van der Waals surface area contributed by atoms with Crippen molar-refractivity contribution in [1.29, 1.82) is 0 Å². The SMILES string of the molecule is COCc1noc(CC2CNCCO2)n1. The van der Waals surface area contributed by atoms with Gasteiger partial charge in [-0.3, -0.25) is 0 Å². The highest BCUT2D eigenvalue weighted by atomic mass is 16.5. The molecular weight excluding hydrogens is 198 g/mol. The van der Waals surface area contributed by atoms with Gasteiger partial charge < -0.3 is 19.3 Å². The van der Waals surface area contributed by atoms with Gasteiger partial charge >= 0.3 is 0 Å². The molecule has 1 N–H and O–H groups in total. The van der Waals surface area contributed by atoms with Crippen LogP contribution in [-0.4, -0.2) is 43.1 Å². The molecule has 0 aliphatic carbocycles. The van der Waals surface area contributed by atoms with Crippen molar-refractivity contribution in [2.24, 2.45) is 0 Å². The fraction of sp³-hybridized carbons (Fsp3) is 0.778. The maximum absolute atomic E-state index is 5.53. The van der Waals surface area contributed by atoms with E-state index >= 15 is 0 Å². The highest BCUT2D eigenvalue weighted by molar-refractivity contribution is 4.88. The molecule has 1 atom stereocenters. The Morgan fingerprint density at radius 3 is 3.27 bits per heavy atom. The molecule has 84 valence electrons. The number of ether oxygens (including phenoxy) is 2. The van der Waals surface area contributed by atoms with Gasteiger partial charge in [0.15, 0.2) is 5.82 Å². The summed E-state index contributed by atoms with van der Waals surface area (Å²) in [4.78, 5) is 4.18. The van der Waals surface area contributed by atoms with E-state index in [2.05, 4.69) is 15.5 Å². The van der Waals surface area contributed by atoms with Crippen LogP contribution in [0.25, 0.3) is 0 Å². The smallest absolute Gasteiger partial charge is 0.229 e. The Morgan fingerprint density at radius 2 is 2.53 bits per heavy atom. The second kappa shape index (κ2) is 5.20. The minimum Gasteiger partial charge on any atom is -0.377 e. The molecule has 1 aromatic heterocycles. The average Bonchev–Trinajstić information content (AvgIpc) is 2.68. The zero-order chi connectivity index (χ0) is 10.5. The van der Waals surface area contributed by atoms with Crippen molar-refractivity contribution in [3.05, 3.63) is 11.7 Å². The van der Waals surface area contributed by atoms with Gasteiger partial charge in [-0.2, -0.15) is 4.98 Å². The van der Waals surface area contributed by atoms with E-state index in [1.165, 1.54) is 0 Å². The van der Waals surface area contributed by atoms with Crippen LogP contribution < -0.4 is 5.32 Å². The third-order valence-electron chi connectivity index (χ3n) is 2.19. The van der Waals surface area contributed by atoms with Gasteiger partial charge in [-0.05, 0) is 0 Å². The van der Waals surface area contributed by atoms with E-state index in [0.29, 0.717) is 24.7 Å². The quantitative estimate of drug-likeness (QED) is 0.743. The lowest BCUT2D eigenvalue weighted by Gasteiger charge is -2.21. The van der Waals surface area contributed by atoms with Crippen molar-refractivity contribution < 1.29 is 14.0 Å². The van der Waals surface area contributed by atoms with E-state index in [-0.39, 0.29) is 6.10 Å². The Kier molecular flexibility index (Phi) is 3.65. The number of aromatic nitrogens is 2. The van der Waals surface area contributed by atoms with Gasteiger partial charge in [-0.15, -0.1) is 0 Å². The standard InChI is InChI=1S/C9H15N3O3/c1-13-6-8-11-9(15-12-8)4-7-5-10-2-3-14-7/h7,10H,2-6H2,1H3. The molecule has 6 heteroatoms. The maximum atomic E-state index is 5.53. The van der Waals surface area contributed by atoms with Crippen LogP contribution in [0.1, 0.15) is 11.7 Å². The summed E-state index contributed by atoms with van der Waals surface area (Å²) >= 11 is 0. The number of rotatable bonds is 4. The fourth-order valence-electron chi connectivity index (χ4n) is 1.51. The summed E-state index contributed by atoms with van der Waals surface area (Å²) in [7, 11) is 1.60. The molecule has 2 heterocycles. The van der Waals surface area contributed by atoms with Crippen molar-refractivity contribution in [3.63, 3.8) is 0 Å². The molecule has 1 aliphatic heterocycles. The Labute approximate surface area is 87.9 Å². The highest BCUT2D eigenvalue weighted by Crippen LogP contribution is 2.06. The van der Waals surface area contributed by atoms with Crippen molar-refractivity contribution in [1.82, 2.24) is 15.5 Å². The lowest BCUT2D eigenvalue weighted by atomic mass is 10.2. The van der Waals surface area contributed by atoms with Gasteiger partial charge in [0.25, 0.3) is 0 Å². The number of hydrogen-bond donors (Lipinski definition) is 1. The topological polar surface area (TPSA) is 69.4 Å². The number of nitrogens with one attached hydrogen (secondary N) is 1. The molecule has 0 bridgehead atoms. The lowest BCUT2D eigenvalue weighted by molar-refractivity contribution is 0.0246. The lowest BCUT2D eigenvalue weighted by Crippen LogP contribution is -2.39. The van der Waals surface area contributed by atoms with Crippen LogP contribution in [0, 0.1) is 0 Å². The summed E-state index contributed by atoms with van der Waals surface area (Å²) in [6.45, 7) is 2.87. The fourth-order valence-corrected chi connectivity index (χ4v) is 1.51. The van der Waals surface area contributed by atoms with Crippen LogP contribution >= 0.6 is 0 Å². The second-order valence-electron chi connectivity index (χ2n) is 3.44. The van der Waals surface area contributed by atoms with Crippen molar-refractivity contribution in [2.45, 2.75) is 19.1 Å². The summed E-state index contributed by atoms with van der Waals surface area (Å²) in [5.74, 6) is 1.19. The molecule has 0 spiro atoms. The molecule has 1 fully saturated rings. The van der Waals surface area contributed by atoms with Gasteiger partial charge in [-0.25, -0.2) is 0 Å². The third kappa shape index (κ3) is 2.98. The largest absolute Gasteiger partial charge is 0.377 e. The predicted octanol–water partition coefficient (Wildman–Crippen LogP) is -0.253. The first-order valence-corrected chi connectivity index (χ1v) is 5.01. The maximum Gasteiger partial charge on any atom is 0.229 e. The van der Waals surface area contributed by atoms with Gasteiger partial charge in [0, 0.05) is 20.2 Å². The van der Waals surface area contributed by atoms with Crippen molar-refractivity contribution in [3.8, 4) is 0 Å². The summed E-state index contributed by atoms with van der Waals surface area (Å²) in [6.07, 6.45) is 0.790. The normalized spacial score (nSPS) is 21.8. The zero-order valence-electron chi connectivity index (χ0n) is 8.73. The molecule has 15 heavy (non-hydrogen) atoms. The summed E-state index contributed by atoms with van der Waals surface area (Å²) in [5.41, 5.74) is 0. The molecule has 0 saturated carbocycles. The Morgan fingerprint density at radius 1 is 1.60 bits per heavy atom. The van der Waals surface area contributed by atoms with Gasteiger partial charge in [0.2, 0.25) is 5.89 Å². The molecular formula is C9H15N3O3. The van der Waals surface area contributed by atoms with E-state index in [0.717, 1.165) is 19.7 Å². The predicted molar refractivity (Wildman–Crippen MR) is 51.3 cm³/mol. The second-order valence-corrected chi connectivity index (χ2v) is 3.44.